The van der Waals surface area contributed by atoms with Crippen LogP contribution in [0.5, 0.6) is 0 Å². The van der Waals surface area contributed by atoms with E-state index in [9.17, 15) is 4.79 Å². The molecule has 0 spiro atoms. The summed E-state index contributed by atoms with van der Waals surface area (Å²) in [6.45, 7) is 4.09. The first kappa shape index (κ1) is 17.1. The average molecular weight is 317 g/mol. The van der Waals surface area contributed by atoms with E-state index < -0.39 is 0 Å². The molecule has 0 atom stereocenters. The van der Waals surface area contributed by atoms with Crippen LogP contribution in [0, 0.1) is 6.92 Å². The molecule has 2 rings (SSSR count). The third-order valence-electron chi connectivity index (χ3n) is 3.42. The molecule has 0 bridgehead atoms. The van der Waals surface area contributed by atoms with E-state index in [-0.39, 0.29) is 5.91 Å². The van der Waals surface area contributed by atoms with Crippen molar-refractivity contribution < 1.29 is 9.53 Å². The lowest BCUT2D eigenvalue weighted by Crippen LogP contribution is -2.35. The van der Waals surface area contributed by atoms with Crippen LogP contribution in [0.4, 0.5) is 5.69 Å². The van der Waals surface area contributed by atoms with Crippen LogP contribution in [-0.2, 0) is 23.1 Å². The molecule has 7 heteroatoms. The first-order valence-corrected chi connectivity index (χ1v) is 7.48. The van der Waals surface area contributed by atoms with Gasteiger partial charge in [0.05, 0.1) is 24.5 Å². The second-order valence-corrected chi connectivity index (χ2v) is 5.41. The van der Waals surface area contributed by atoms with E-state index in [4.69, 9.17) is 4.74 Å². The second-order valence-electron chi connectivity index (χ2n) is 5.41. The van der Waals surface area contributed by atoms with Crippen molar-refractivity contribution in [2.75, 3.05) is 32.1 Å². The van der Waals surface area contributed by atoms with Gasteiger partial charge in [-0.3, -0.25) is 19.4 Å². The first-order valence-electron chi connectivity index (χ1n) is 7.48. The summed E-state index contributed by atoms with van der Waals surface area (Å²) < 4.78 is 6.82. The maximum Gasteiger partial charge on any atom is 0.238 e. The molecule has 0 aliphatic rings. The highest BCUT2D eigenvalue weighted by atomic mass is 16.5. The molecule has 1 N–H and O–H groups in total. The number of methoxy groups -OCH3 is 1. The van der Waals surface area contributed by atoms with E-state index in [0.717, 1.165) is 16.9 Å². The number of ether oxygens (including phenoxy) is 1. The van der Waals surface area contributed by atoms with E-state index in [1.807, 2.05) is 31.0 Å². The summed E-state index contributed by atoms with van der Waals surface area (Å²) in [4.78, 5) is 18.3. The zero-order valence-corrected chi connectivity index (χ0v) is 13.8. The molecule has 0 unspecified atom stereocenters. The monoisotopic (exact) mass is 317 g/mol. The number of carbonyl (C=O) groups excluding carboxylic acids is 1. The Morgan fingerprint density at radius 3 is 2.74 bits per heavy atom. The van der Waals surface area contributed by atoms with Gasteiger partial charge in [0.15, 0.2) is 0 Å². The van der Waals surface area contributed by atoms with Gasteiger partial charge in [-0.05, 0) is 24.6 Å². The topological polar surface area (TPSA) is 72.3 Å². The fraction of sp³-hybridized carbons (Fsp3) is 0.438. The predicted molar refractivity (Wildman–Crippen MR) is 88.0 cm³/mol. The van der Waals surface area contributed by atoms with Crippen LogP contribution in [0.2, 0.25) is 0 Å². The first-order chi connectivity index (χ1) is 11.1. The number of aromatic nitrogens is 3. The van der Waals surface area contributed by atoms with Gasteiger partial charge in [0.2, 0.25) is 5.91 Å². The van der Waals surface area contributed by atoms with Crippen molar-refractivity contribution in [1.82, 2.24) is 19.7 Å². The van der Waals surface area contributed by atoms with Crippen molar-refractivity contribution >= 4 is 11.6 Å². The van der Waals surface area contributed by atoms with Gasteiger partial charge >= 0.3 is 0 Å². The van der Waals surface area contributed by atoms with Crippen LogP contribution in [0.1, 0.15) is 11.3 Å². The van der Waals surface area contributed by atoms with Gasteiger partial charge in [-0.2, -0.15) is 5.10 Å². The largest absolute Gasteiger partial charge is 0.383 e. The highest BCUT2D eigenvalue weighted by Gasteiger charge is 2.13. The number of nitrogens with zero attached hydrogens (tertiary/aromatic N) is 4. The van der Waals surface area contributed by atoms with Crippen LogP contribution < -0.4 is 5.32 Å². The van der Waals surface area contributed by atoms with Crippen LogP contribution in [0.3, 0.4) is 0 Å². The van der Waals surface area contributed by atoms with E-state index in [1.165, 1.54) is 0 Å². The Morgan fingerprint density at radius 2 is 2.13 bits per heavy atom. The summed E-state index contributed by atoms with van der Waals surface area (Å²) in [5.41, 5.74) is 2.66. The van der Waals surface area contributed by atoms with Crippen molar-refractivity contribution in [2.45, 2.75) is 13.5 Å². The second kappa shape index (κ2) is 8.40. The fourth-order valence-corrected chi connectivity index (χ4v) is 2.30. The minimum Gasteiger partial charge on any atom is -0.383 e. The molecule has 124 valence electrons. The van der Waals surface area contributed by atoms with E-state index in [2.05, 4.69) is 15.4 Å². The van der Waals surface area contributed by atoms with E-state index in [1.54, 1.807) is 30.4 Å². The van der Waals surface area contributed by atoms with Gasteiger partial charge in [-0.15, -0.1) is 0 Å². The SMILES string of the molecule is COCCN(CC(=O)Nc1cn(C)nc1C)Cc1ccncc1. The standard InChI is InChI=1S/C16H23N5O2/c1-13-15(11-20(2)19-13)18-16(22)12-21(8-9-23-3)10-14-4-6-17-7-5-14/h4-7,11H,8-10,12H2,1-3H3,(H,18,22). The third kappa shape index (κ3) is 5.46. The Morgan fingerprint density at radius 1 is 1.39 bits per heavy atom. The number of anilines is 1. The lowest BCUT2D eigenvalue weighted by Gasteiger charge is -2.21. The van der Waals surface area contributed by atoms with Gasteiger partial charge in [-0.25, -0.2) is 0 Å². The number of hydrogen-bond donors (Lipinski definition) is 1. The molecule has 0 saturated heterocycles. The number of pyridine rings is 1. The highest BCUT2D eigenvalue weighted by molar-refractivity contribution is 5.92. The molecule has 1 amide bonds. The smallest absolute Gasteiger partial charge is 0.238 e. The average Bonchev–Trinajstić information content (AvgIpc) is 2.83. The Bertz CT molecular complexity index is 627. The third-order valence-corrected chi connectivity index (χ3v) is 3.42. The van der Waals surface area contributed by atoms with Gasteiger partial charge < -0.3 is 10.1 Å². The molecule has 2 aromatic rings. The summed E-state index contributed by atoms with van der Waals surface area (Å²) >= 11 is 0. The fourth-order valence-electron chi connectivity index (χ4n) is 2.30. The lowest BCUT2D eigenvalue weighted by molar-refractivity contribution is -0.117. The van der Waals surface area contributed by atoms with E-state index >= 15 is 0 Å². The highest BCUT2D eigenvalue weighted by Crippen LogP contribution is 2.11. The number of amides is 1. The zero-order valence-electron chi connectivity index (χ0n) is 13.8. The molecule has 7 nitrogen and oxygen atoms in total. The number of carbonyl (C=O) groups is 1. The number of aryl methyl sites for hydroxylation is 2. The normalized spacial score (nSPS) is 11.0. The zero-order chi connectivity index (χ0) is 16.7. The van der Waals surface area contributed by atoms with Gasteiger partial charge in [0.1, 0.15) is 0 Å². The Hall–Kier alpha value is -2.25. The predicted octanol–water partition coefficient (Wildman–Crippen LogP) is 1.21. The van der Waals surface area contributed by atoms with E-state index in [0.29, 0.717) is 26.2 Å². The minimum atomic E-state index is -0.0636. The van der Waals surface area contributed by atoms with Crippen LogP contribution in [0.15, 0.2) is 30.7 Å². The van der Waals surface area contributed by atoms with Crippen molar-refractivity contribution in [3.8, 4) is 0 Å². The van der Waals surface area contributed by atoms with Gasteiger partial charge in [-0.1, -0.05) is 0 Å². The van der Waals surface area contributed by atoms with Gasteiger partial charge in [0.25, 0.3) is 0 Å². The molecular weight excluding hydrogens is 294 g/mol. The van der Waals surface area contributed by atoms with Crippen molar-refractivity contribution in [3.63, 3.8) is 0 Å². The van der Waals surface area contributed by atoms with Crippen LogP contribution in [-0.4, -0.2) is 52.4 Å². The Kier molecular flexibility index (Phi) is 6.25. The molecular formula is C16H23N5O2. The summed E-state index contributed by atoms with van der Waals surface area (Å²) in [5.74, 6) is -0.0636. The molecule has 0 aliphatic heterocycles. The lowest BCUT2D eigenvalue weighted by atomic mass is 10.2. The molecule has 23 heavy (non-hydrogen) atoms. The maximum atomic E-state index is 12.3. The molecule has 0 radical (unpaired) electrons. The van der Waals surface area contributed by atoms with Crippen molar-refractivity contribution in [2.24, 2.45) is 7.05 Å². The molecule has 2 heterocycles. The molecule has 2 aromatic heterocycles. The number of nitrogens with one attached hydrogen (secondary N) is 1. The van der Waals surface area contributed by atoms with Gasteiger partial charge in [0, 0.05) is 45.8 Å². The summed E-state index contributed by atoms with van der Waals surface area (Å²) in [7, 11) is 3.49. The maximum absolute atomic E-state index is 12.3. The molecule has 0 saturated carbocycles. The minimum absolute atomic E-state index is 0.0636. The van der Waals surface area contributed by atoms with Crippen molar-refractivity contribution in [1.29, 1.82) is 0 Å². The molecule has 0 aromatic carbocycles. The molecule has 0 fully saturated rings. The summed E-state index contributed by atoms with van der Waals surface area (Å²) in [5, 5.41) is 7.13. The van der Waals surface area contributed by atoms with Crippen LogP contribution in [0.25, 0.3) is 0 Å². The molecule has 0 aliphatic carbocycles. The number of hydrogen-bond acceptors (Lipinski definition) is 5. The van der Waals surface area contributed by atoms with Crippen LogP contribution >= 0.6 is 0 Å². The summed E-state index contributed by atoms with van der Waals surface area (Å²) in [6.07, 6.45) is 5.31. The summed E-state index contributed by atoms with van der Waals surface area (Å²) in [6, 6.07) is 3.89. The Labute approximate surface area is 136 Å². The number of rotatable bonds is 8. The Balaban J connectivity index is 1.96. The van der Waals surface area contributed by atoms with Crippen molar-refractivity contribution in [3.05, 3.63) is 42.0 Å². The quantitative estimate of drug-likeness (QED) is 0.792.